The first-order valence-corrected chi connectivity index (χ1v) is 10.8. The van der Waals surface area contributed by atoms with Crippen LogP contribution in [0.4, 0.5) is 16.6 Å². The van der Waals surface area contributed by atoms with E-state index in [4.69, 9.17) is 4.74 Å². The average molecular weight is 437 g/mol. The van der Waals surface area contributed by atoms with E-state index in [2.05, 4.69) is 51.0 Å². The molecule has 1 N–H and O–H groups in total. The van der Waals surface area contributed by atoms with Crippen molar-refractivity contribution in [1.82, 2.24) is 19.8 Å². The third kappa shape index (κ3) is 5.05. The second-order valence-corrected chi connectivity index (χ2v) is 7.92. The van der Waals surface area contributed by atoms with Crippen LogP contribution in [0.2, 0.25) is 0 Å². The lowest BCUT2D eigenvalue weighted by molar-refractivity contribution is -0.127. The molecule has 9 nitrogen and oxygen atoms in total. The molecule has 2 aromatic rings. The van der Waals surface area contributed by atoms with E-state index in [1.165, 1.54) is 16.5 Å². The van der Waals surface area contributed by atoms with Crippen molar-refractivity contribution in [2.24, 2.45) is 0 Å². The largest absolute Gasteiger partial charge is 0.447 e. The van der Waals surface area contributed by atoms with Crippen molar-refractivity contribution in [2.75, 3.05) is 49.5 Å². The Labute approximate surface area is 187 Å². The quantitative estimate of drug-likeness (QED) is 0.667. The van der Waals surface area contributed by atoms with Crippen LogP contribution < -0.4 is 10.2 Å². The number of cyclic esters (lactones) is 1. The Morgan fingerprint density at radius 1 is 1.19 bits per heavy atom. The van der Waals surface area contributed by atoms with Crippen LogP contribution in [0.3, 0.4) is 0 Å². The topological polar surface area (TPSA) is 90.9 Å². The summed E-state index contributed by atoms with van der Waals surface area (Å²) in [6, 6.07) is 10.2. The lowest BCUT2D eigenvalue weighted by Gasteiger charge is -2.34. The smallest absolute Gasteiger partial charge is 0.415 e. The molecule has 0 bridgehead atoms. The number of hydrogen-bond acceptors (Lipinski definition) is 7. The predicted molar refractivity (Wildman–Crippen MR) is 121 cm³/mol. The van der Waals surface area contributed by atoms with Crippen molar-refractivity contribution in [3.63, 3.8) is 0 Å². The monoisotopic (exact) mass is 436 g/mol. The van der Waals surface area contributed by atoms with E-state index in [-0.39, 0.29) is 18.0 Å². The first-order valence-electron chi connectivity index (χ1n) is 10.8. The van der Waals surface area contributed by atoms with Crippen molar-refractivity contribution in [2.45, 2.75) is 19.5 Å². The summed E-state index contributed by atoms with van der Waals surface area (Å²) in [5.74, 6) is 0.999. The highest BCUT2D eigenvalue weighted by Gasteiger charge is 2.25. The summed E-state index contributed by atoms with van der Waals surface area (Å²) < 4.78 is 4.98. The van der Waals surface area contributed by atoms with Gasteiger partial charge in [0.15, 0.2) is 0 Å². The molecule has 3 heterocycles. The molecule has 1 aromatic carbocycles. The summed E-state index contributed by atoms with van der Waals surface area (Å²) in [5, 5.41) is 3.30. The molecule has 1 atom stereocenters. The Morgan fingerprint density at radius 3 is 2.59 bits per heavy atom. The molecule has 2 saturated heterocycles. The molecule has 4 rings (SSSR count). The third-order valence-electron chi connectivity index (χ3n) is 5.77. The molecule has 168 valence electrons. The number of aromatic nitrogens is 2. The van der Waals surface area contributed by atoms with Gasteiger partial charge in [0.1, 0.15) is 12.4 Å². The van der Waals surface area contributed by atoms with Gasteiger partial charge in [-0.25, -0.2) is 9.78 Å². The van der Waals surface area contributed by atoms with Crippen molar-refractivity contribution in [1.29, 1.82) is 0 Å². The van der Waals surface area contributed by atoms with Crippen LogP contribution in [0.5, 0.6) is 0 Å². The van der Waals surface area contributed by atoms with Crippen LogP contribution in [-0.2, 0) is 16.1 Å². The minimum atomic E-state index is -0.382. The predicted octanol–water partition coefficient (Wildman–Crippen LogP) is 2.44. The zero-order valence-corrected chi connectivity index (χ0v) is 18.2. The van der Waals surface area contributed by atoms with Gasteiger partial charge < -0.3 is 15.0 Å². The van der Waals surface area contributed by atoms with Crippen LogP contribution in [0, 0.1) is 0 Å². The first-order chi connectivity index (χ1) is 15.5. The van der Waals surface area contributed by atoms with Crippen LogP contribution >= 0.6 is 0 Å². The molecule has 0 aliphatic carbocycles. The van der Waals surface area contributed by atoms with Crippen LogP contribution in [0.1, 0.15) is 24.1 Å². The fourth-order valence-electron chi connectivity index (χ4n) is 3.87. The fourth-order valence-corrected chi connectivity index (χ4v) is 3.87. The number of nitrogens with zero attached hydrogens (tertiary/aromatic N) is 5. The van der Waals surface area contributed by atoms with Gasteiger partial charge in [0.05, 0.1) is 12.6 Å². The Hall–Kier alpha value is -3.46. The zero-order valence-electron chi connectivity index (χ0n) is 18.2. The SMILES string of the molecule is C=CC(=O)N1CCN(Cc2ccc([C@H](C)Nc3nccc(N4CCOC4=O)n3)cc2)CC1. The highest BCUT2D eigenvalue weighted by Crippen LogP contribution is 2.21. The first kappa shape index (κ1) is 21.8. The number of ether oxygens (including phenoxy) is 1. The maximum absolute atomic E-state index is 11.8. The maximum Gasteiger partial charge on any atom is 0.415 e. The Bertz CT molecular complexity index is 972. The van der Waals surface area contributed by atoms with E-state index in [9.17, 15) is 9.59 Å². The molecule has 0 unspecified atom stereocenters. The molecule has 0 spiro atoms. The maximum atomic E-state index is 11.8. The molecular weight excluding hydrogens is 408 g/mol. The summed E-state index contributed by atoms with van der Waals surface area (Å²) in [7, 11) is 0. The minimum absolute atomic E-state index is 0.00158. The fraction of sp³-hybridized carbons (Fsp3) is 0.391. The van der Waals surface area contributed by atoms with Gasteiger partial charge in [0, 0.05) is 38.9 Å². The molecule has 32 heavy (non-hydrogen) atoms. The van der Waals surface area contributed by atoms with E-state index >= 15 is 0 Å². The molecular formula is C23H28N6O3. The Morgan fingerprint density at radius 2 is 1.94 bits per heavy atom. The molecule has 0 saturated carbocycles. The number of carbonyl (C=O) groups excluding carboxylic acids is 2. The standard InChI is InChI=1S/C23H28N6O3/c1-3-21(30)28-12-10-27(11-13-28)16-18-4-6-19(7-5-18)17(2)25-22-24-9-8-20(26-22)29-14-15-32-23(29)31/h3-9,17H,1,10-16H2,2H3,(H,24,25,26)/t17-/m0/s1. The Kier molecular flexibility index (Phi) is 6.65. The van der Waals surface area contributed by atoms with Gasteiger partial charge in [-0.2, -0.15) is 4.98 Å². The zero-order chi connectivity index (χ0) is 22.5. The van der Waals surface area contributed by atoms with Crippen LogP contribution in [0.15, 0.2) is 49.2 Å². The lowest BCUT2D eigenvalue weighted by atomic mass is 10.1. The van der Waals surface area contributed by atoms with Crippen molar-refractivity contribution in [3.8, 4) is 0 Å². The molecule has 2 fully saturated rings. The summed E-state index contributed by atoms with van der Waals surface area (Å²) in [6.07, 6.45) is 2.63. The van der Waals surface area contributed by atoms with Crippen molar-refractivity contribution in [3.05, 3.63) is 60.3 Å². The van der Waals surface area contributed by atoms with E-state index in [0.717, 1.165) is 38.3 Å². The number of benzene rings is 1. The number of anilines is 2. The second kappa shape index (κ2) is 9.78. The molecule has 2 amide bonds. The lowest BCUT2D eigenvalue weighted by Crippen LogP contribution is -2.47. The normalized spacial score (nSPS) is 17.7. The number of rotatable bonds is 7. The van der Waals surface area contributed by atoms with Gasteiger partial charge in [-0.05, 0) is 30.2 Å². The summed E-state index contributed by atoms with van der Waals surface area (Å²) >= 11 is 0. The number of carbonyl (C=O) groups is 2. The number of nitrogens with one attached hydrogen (secondary N) is 1. The minimum Gasteiger partial charge on any atom is -0.447 e. The van der Waals surface area contributed by atoms with Gasteiger partial charge in [0.25, 0.3) is 0 Å². The van der Waals surface area contributed by atoms with Gasteiger partial charge in [-0.1, -0.05) is 30.8 Å². The van der Waals surface area contributed by atoms with Crippen molar-refractivity contribution >= 4 is 23.8 Å². The summed E-state index contributed by atoms with van der Waals surface area (Å²) in [4.78, 5) is 37.9. The number of piperazine rings is 1. The second-order valence-electron chi connectivity index (χ2n) is 7.92. The highest BCUT2D eigenvalue weighted by molar-refractivity contribution is 5.88. The van der Waals surface area contributed by atoms with Gasteiger partial charge >= 0.3 is 6.09 Å². The number of hydrogen-bond donors (Lipinski definition) is 1. The molecule has 2 aliphatic rings. The van der Waals surface area contributed by atoms with Gasteiger partial charge in [-0.15, -0.1) is 0 Å². The highest BCUT2D eigenvalue weighted by atomic mass is 16.6. The van der Waals surface area contributed by atoms with Crippen LogP contribution in [0.25, 0.3) is 0 Å². The average Bonchev–Trinajstić information content (AvgIpc) is 3.25. The van der Waals surface area contributed by atoms with E-state index in [0.29, 0.717) is 24.9 Å². The molecule has 9 heteroatoms. The van der Waals surface area contributed by atoms with E-state index in [1.807, 2.05) is 11.8 Å². The molecule has 1 aromatic heterocycles. The molecule has 2 aliphatic heterocycles. The van der Waals surface area contributed by atoms with Crippen molar-refractivity contribution < 1.29 is 14.3 Å². The summed E-state index contributed by atoms with van der Waals surface area (Å²) in [6.45, 7) is 10.5. The molecule has 0 radical (unpaired) electrons. The van der Waals surface area contributed by atoms with Gasteiger partial charge in [-0.3, -0.25) is 14.6 Å². The van der Waals surface area contributed by atoms with Crippen LogP contribution in [-0.4, -0.2) is 71.1 Å². The third-order valence-corrected chi connectivity index (χ3v) is 5.77. The van der Waals surface area contributed by atoms with E-state index < -0.39 is 0 Å². The summed E-state index contributed by atoms with van der Waals surface area (Å²) in [5.41, 5.74) is 2.35. The Balaban J connectivity index is 1.32. The van der Waals surface area contributed by atoms with Gasteiger partial charge in [0.2, 0.25) is 11.9 Å². The number of amides is 2. The van der Waals surface area contributed by atoms with E-state index in [1.54, 1.807) is 12.3 Å².